The summed E-state index contributed by atoms with van der Waals surface area (Å²) in [6.45, 7) is 6.63. The van der Waals surface area contributed by atoms with Crippen LogP contribution in [0.25, 0.3) is 5.69 Å². The minimum Gasteiger partial charge on any atom is -0.306 e. The number of rotatable bonds is 5. The van der Waals surface area contributed by atoms with Crippen LogP contribution in [-0.4, -0.2) is 28.0 Å². The first-order valence-electron chi connectivity index (χ1n) is 6.41. The molecular weight excluding hydrogens is 222 g/mol. The van der Waals surface area contributed by atoms with Crippen molar-refractivity contribution in [3.05, 3.63) is 48.5 Å². The van der Waals surface area contributed by atoms with Gasteiger partial charge in [0.1, 0.15) is 0 Å². The van der Waals surface area contributed by atoms with E-state index in [4.69, 9.17) is 0 Å². The number of benzene rings is 1. The Kier molecular flexibility index (Phi) is 4.15. The molecule has 3 heteroatoms. The van der Waals surface area contributed by atoms with Crippen LogP contribution >= 0.6 is 0 Å². The monoisotopic (exact) mass is 243 g/mol. The first-order chi connectivity index (χ1) is 8.65. The molecule has 2 rings (SSSR count). The number of hydrogen-bond acceptors (Lipinski definition) is 2. The Morgan fingerprint density at radius 3 is 2.50 bits per heavy atom. The highest BCUT2D eigenvalue weighted by atomic mass is 15.1. The second-order valence-electron chi connectivity index (χ2n) is 5.23. The van der Waals surface area contributed by atoms with Crippen LogP contribution in [0.4, 0.5) is 0 Å². The van der Waals surface area contributed by atoms with Crippen LogP contribution in [0.1, 0.15) is 19.4 Å². The highest BCUT2D eigenvalue weighted by Crippen LogP contribution is 2.11. The summed E-state index contributed by atoms with van der Waals surface area (Å²) in [5.41, 5.74) is 2.50. The third-order valence-electron chi connectivity index (χ3n) is 2.87. The van der Waals surface area contributed by atoms with Gasteiger partial charge in [-0.05, 0) is 30.7 Å². The molecule has 0 saturated carbocycles. The van der Waals surface area contributed by atoms with Gasteiger partial charge in [-0.15, -0.1) is 0 Å². The molecule has 0 N–H and O–H groups in total. The molecule has 0 atom stereocenters. The third kappa shape index (κ3) is 3.44. The van der Waals surface area contributed by atoms with Gasteiger partial charge in [-0.2, -0.15) is 0 Å². The molecule has 0 amide bonds. The molecule has 0 spiro atoms. The van der Waals surface area contributed by atoms with Gasteiger partial charge in [-0.1, -0.05) is 26.0 Å². The van der Waals surface area contributed by atoms with Crippen molar-refractivity contribution in [2.75, 3.05) is 13.6 Å². The van der Waals surface area contributed by atoms with Crippen molar-refractivity contribution in [1.82, 2.24) is 14.5 Å². The molecule has 1 heterocycles. The van der Waals surface area contributed by atoms with E-state index in [-0.39, 0.29) is 0 Å². The van der Waals surface area contributed by atoms with Crippen molar-refractivity contribution in [3.63, 3.8) is 0 Å². The molecule has 18 heavy (non-hydrogen) atoms. The van der Waals surface area contributed by atoms with Crippen molar-refractivity contribution in [1.29, 1.82) is 0 Å². The molecule has 0 aliphatic rings. The standard InChI is InChI=1S/C15H21N3/c1-13(2)10-17(3)11-14-4-6-15(7-5-14)18-9-8-16-12-18/h4-9,12-13H,10-11H2,1-3H3. The average molecular weight is 243 g/mol. The zero-order chi connectivity index (χ0) is 13.0. The molecular formula is C15H21N3. The van der Waals surface area contributed by atoms with Crippen LogP contribution < -0.4 is 0 Å². The Bertz CT molecular complexity index is 457. The average Bonchev–Trinajstić information content (AvgIpc) is 2.82. The predicted molar refractivity (Wildman–Crippen MR) is 74.7 cm³/mol. The second-order valence-corrected chi connectivity index (χ2v) is 5.23. The fourth-order valence-corrected chi connectivity index (χ4v) is 2.18. The minimum absolute atomic E-state index is 0.709. The SMILES string of the molecule is CC(C)CN(C)Cc1ccc(-n2ccnc2)cc1. The van der Waals surface area contributed by atoms with Crippen molar-refractivity contribution in [2.24, 2.45) is 5.92 Å². The quantitative estimate of drug-likeness (QED) is 0.805. The second kappa shape index (κ2) is 5.83. The van der Waals surface area contributed by atoms with Gasteiger partial charge >= 0.3 is 0 Å². The van der Waals surface area contributed by atoms with Gasteiger partial charge in [0.05, 0.1) is 6.33 Å². The van der Waals surface area contributed by atoms with Gasteiger partial charge in [0.15, 0.2) is 0 Å². The van der Waals surface area contributed by atoms with Gasteiger partial charge in [-0.3, -0.25) is 0 Å². The highest BCUT2D eigenvalue weighted by Gasteiger charge is 2.03. The molecule has 0 bridgehead atoms. The Morgan fingerprint density at radius 2 is 1.94 bits per heavy atom. The summed E-state index contributed by atoms with van der Waals surface area (Å²) in [6, 6.07) is 8.65. The molecule has 0 aliphatic carbocycles. The first-order valence-corrected chi connectivity index (χ1v) is 6.41. The summed E-state index contributed by atoms with van der Waals surface area (Å²) < 4.78 is 2.02. The highest BCUT2D eigenvalue weighted by molar-refractivity contribution is 5.34. The summed E-state index contributed by atoms with van der Waals surface area (Å²) in [6.07, 6.45) is 5.57. The molecule has 3 nitrogen and oxygen atoms in total. The molecule has 1 aromatic carbocycles. The molecule has 96 valence electrons. The van der Waals surface area contributed by atoms with Crippen molar-refractivity contribution in [3.8, 4) is 5.69 Å². The topological polar surface area (TPSA) is 21.1 Å². The molecule has 0 unspecified atom stereocenters. The number of aromatic nitrogens is 2. The third-order valence-corrected chi connectivity index (χ3v) is 2.87. The van der Waals surface area contributed by atoms with E-state index in [2.05, 4.69) is 55.0 Å². The lowest BCUT2D eigenvalue weighted by molar-refractivity contribution is 0.288. The Labute approximate surface area is 109 Å². The predicted octanol–water partition coefficient (Wildman–Crippen LogP) is 2.96. The van der Waals surface area contributed by atoms with E-state index in [0.717, 1.165) is 18.8 Å². The van der Waals surface area contributed by atoms with E-state index in [1.807, 2.05) is 17.1 Å². The molecule has 0 fully saturated rings. The van der Waals surface area contributed by atoms with Crippen LogP contribution in [0, 0.1) is 5.92 Å². The fourth-order valence-electron chi connectivity index (χ4n) is 2.18. The van der Waals surface area contributed by atoms with Gasteiger partial charge in [-0.25, -0.2) is 4.98 Å². The van der Waals surface area contributed by atoms with Crippen LogP contribution in [-0.2, 0) is 6.54 Å². The first kappa shape index (κ1) is 12.8. The summed E-state index contributed by atoms with van der Waals surface area (Å²) in [4.78, 5) is 6.41. The Balaban J connectivity index is 2.00. The number of imidazole rings is 1. The van der Waals surface area contributed by atoms with Crippen LogP contribution in [0.3, 0.4) is 0 Å². The van der Waals surface area contributed by atoms with E-state index in [9.17, 15) is 0 Å². The normalized spacial score (nSPS) is 11.4. The maximum absolute atomic E-state index is 4.06. The zero-order valence-corrected chi connectivity index (χ0v) is 11.4. The van der Waals surface area contributed by atoms with E-state index in [0.29, 0.717) is 5.92 Å². The van der Waals surface area contributed by atoms with Crippen LogP contribution in [0.5, 0.6) is 0 Å². The van der Waals surface area contributed by atoms with Gasteiger partial charge in [0, 0.05) is 31.2 Å². The lowest BCUT2D eigenvalue weighted by atomic mass is 10.1. The summed E-state index contributed by atoms with van der Waals surface area (Å²) in [5.74, 6) is 0.709. The zero-order valence-electron chi connectivity index (χ0n) is 11.4. The molecule has 0 radical (unpaired) electrons. The summed E-state index contributed by atoms with van der Waals surface area (Å²) in [5, 5.41) is 0. The smallest absolute Gasteiger partial charge is 0.0991 e. The lowest BCUT2D eigenvalue weighted by Gasteiger charge is -2.19. The van der Waals surface area contributed by atoms with Gasteiger partial charge in [0.2, 0.25) is 0 Å². The van der Waals surface area contributed by atoms with Crippen LogP contribution in [0.2, 0.25) is 0 Å². The van der Waals surface area contributed by atoms with E-state index >= 15 is 0 Å². The van der Waals surface area contributed by atoms with Gasteiger partial charge in [0.25, 0.3) is 0 Å². The Hall–Kier alpha value is -1.61. The molecule has 1 aromatic heterocycles. The maximum atomic E-state index is 4.06. The lowest BCUT2D eigenvalue weighted by Crippen LogP contribution is -2.22. The molecule has 0 aliphatic heterocycles. The summed E-state index contributed by atoms with van der Waals surface area (Å²) >= 11 is 0. The van der Waals surface area contributed by atoms with E-state index in [1.54, 1.807) is 6.20 Å². The van der Waals surface area contributed by atoms with Crippen molar-refractivity contribution in [2.45, 2.75) is 20.4 Å². The van der Waals surface area contributed by atoms with Crippen molar-refractivity contribution >= 4 is 0 Å². The minimum atomic E-state index is 0.709. The largest absolute Gasteiger partial charge is 0.306 e. The fraction of sp³-hybridized carbons (Fsp3) is 0.400. The van der Waals surface area contributed by atoms with Gasteiger partial charge < -0.3 is 9.47 Å². The molecule has 0 saturated heterocycles. The number of nitrogens with zero attached hydrogens (tertiary/aromatic N) is 3. The maximum Gasteiger partial charge on any atom is 0.0991 e. The van der Waals surface area contributed by atoms with E-state index in [1.165, 1.54) is 5.56 Å². The van der Waals surface area contributed by atoms with Crippen LogP contribution in [0.15, 0.2) is 43.0 Å². The molecule has 2 aromatic rings. The summed E-state index contributed by atoms with van der Waals surface area (Å²) in [7, 11) is 2.17. The van der Waals surface area contributed by atoms with Crippen molar-refractivity contribution < 1.29 is 0 Å². The number of hydrogen-bond donors (Lipinski definition) is 0. The van der Waals surface area contributed by atoms with E-state index < -0.39 is 0 Å². The Morgan fingerprint density at radius 1 is 1.22 bits per heavy atom.